The molecule has 0 aliphatic carbocycles. The average Bonchev–Trinajstić information content (AvgIpc) is 2.85. The van der Waals surface area contributed by atoms with Crippen LogP contribution in [0.5, 0.6) is 0 Å². The van der Waals surface area contributed by atoms with E-state index in [1.807, 2.05) is 20.8 Å². The Labute approximate surface area is 156 Å². The molecular formula is C18H24BrN3O3. The minimum Gasteiger partial charge on any atom is -0.444 e. The minimum atomic E-state index is -0.513. The number of rotatable bonds is 1. The van der Waals surface area contributed by atoms with Gasteiger partial charge in [0.1, 0.15) is 17.4 Å². The fraction of sp³-hybridized carbons (Fsp3) is 0.667. The standard InChI is InChI=1S/C18H24BrN3O3/c1-18(2,3)25-17(23)21-7-4-14-13(11-21)16(19)15(10-20)22(14)12-5-8-24-9-6-12/h12H,4-9,11H2,1-3H3. The second-order valence-corrected chi connectivity index (χ2v) is 8.36. The van der Waals surface area contributed by atoms with E-state index < -0.39 is 5.60 Å². The molecular weight excluding hydrogens is 386 g/mol. The van der Waals surface area contributed by atoms with Crippen LogP contribution >= 0.6 is 15.9 Å². The van der Waals surface area contributed by atoms with Crippen LogP contribution in [-0.2, 0) is 22.4 Å². The number of ether oxygens (including phenoxy) is 2. The highest BCUT2D eigenvalue weighted by Gasteiger charge is 2.33. The van der Waals surface area contributed by atoms with Crippen LogP contribution in [0, 0.1) is 11.3 Å². The van der Waals surface area contributed by atoms with Gasteiger partial charge in [-0.2, -0.15) is 5.26 Å². The zero-order valence-electron chi connectivity index (χ0n) is 15.0. The summed E-state index contributed by atoms with van der Waals surface area (Å²) in [6.07, 6.45) is 2.25. The Morgan fingerprint density at radius 1 is 1.36 bits per heavy atom. The molecule has 1 saturated heterocycles. The van der Waals surface area contributed by atoms with Gasteiger partial charge in [0.2, 0.25) is 0 Å². The predicted octanol–water partition coefficient (Wildman–Crippen LogP) is 3.77. The molecule has 7 heteroatoms. The van der Waals surface area contributed by atoms with Crippen LogP contribution in [0.25, 0.3) is 0 Å². The van der Waals surface area contributed by atoms with Crippen LogP contribution in [0.3, 0.4) is 0 Å². The fourth-order valence-electron chi connectivity index (χ4n) is 3.53. The summed E-state index contributed by atoms with van der Waals surface area (Å²) in [5, 5.41) is 9.67. The van der Waals surface area contributed by atoms with Crippen molar-refractivity contribution in [1.29, 1.82) is 5.26 Å². The second kappa shape index (κ2) is 7.00. The molecule has 6 nitrogen and oxygen atoms in total. The van der Waals surface area contributed by atoms with Crippen molar-refractivity contribution in [3.05, 3.63) is 21.4 Å². The van der Waals surface area contributed by atoms with Crippen LogP contribution in [-0.4, -0.2) is 40.9 Å². The van der Waals surface area contributed by atoms with Crippen LogP contribution < -0.4 is 0 Å². The summed E-state index contributed by atoms with van der Waals surface area (Å²) in [5.74, 6) is 0. The van der Waals surface area contributed by atoms with Crippen LogP contribution in [0.1, 0.15) is 56.6 Å². The van der Waals surface area contributed by atoms with E-state index in [1.165, 1.54) is 0 Å². The molecule has 0 saturated carbocycles. The van der Waals surface area contributed by atoms with Gasteiger partial charge in [-0.05, 0) is 49.5 Å². The smallest absolute Gasteiger partial charge is 0.410 e. The Hall–Kier alpha value is -1.52. The summed E-state index contributed by atoms with van der Waals surface area (Å²) in [5.41, 5.74) is 2.33. The van der Waals surface area contributed by atoms with E-state index in [4.69, 9.17) is 9.47 Å². The van der Waals surface area contributed by atoms with Crippen molar-refractivity contribution in [2.24, 2.45) is 0 Å². The molecule has 1 aromatic heterocycles. The molecule has 0 radical (unpaired) electrons. The number of nitrogens with zero attached hydrogens (tertiary/aromatic N) is 3. The molecule has 2 aliphatic heterocycles. The first-order chi connectivity index (χ1) is 11.8. The third kappa shape index (κ3) is 3.70. The Morgan fingerprint density at radius 3 is 2.64 bits per heavy atom. The fourth-order valence-corrected chi connectivity index (χ4v) is 4.16. The number of amides is 1. The lowest BCUT2D eigenvalue weighted by Gasteiger charge is -2.32. The van der Waals surface area contributed by atoms with Gasteiger partial charge in [-0.3, -0.25) is 0 Å². The summed E-state index contributed by atoms with van der Waals surface area (Å²) in [6.45, 7) is 8.12. The number of halogens is 1. The number of nitriles is 1. The van der Waals surface area contributed by atoms with Crippen LogP contribution in [0.4, 0.5) is 4.79 Å². The number of fused-ring (bicyclic) bond motifs is 1. The molecule has 1 fully saturated rings. The van der Waals surface area contributed by atoms with Crippen LogP contribution in [0.15, 0.2) is 4.47 Å². The molecule has 0 bridgehead atoms. The van der Waals surface area contributed by atoms with Gasteiger partial charge in [0.25, 0.3) is 0 Å². The van der Waals surface area contributed by atoms with Gasteiger partial charge in [-0.1, -0.05) is 0 Å². The van der Waals surface area contributed by atoms with Gasteiger partial charge in [0, 0.05) is 43.5 Å². The molecule has 25 heavy (non-hydrogen) atoms. The van der Waals surface area contributed by atoms with E-state index in [2.05, 4.69) is 26.6 Å². The maximum absolute atomic E-state index is 12.4. The topological polar surface area (TPSA) is 67.5 Å². The lowest BCUT2D eigenvalue weighted by Crippen LogP contribution is -2.40. The summed E-state index contributed by atoms with van der Waals surface area (Å²) >= 11 is 3.60. The van der Waals surface area contributed by atoms with E-state index in [0.29, 0.717) is 18.8 Å². The molecule has 0 spiro atoms. The van der Waals surface area contributed by atoms with Gasteiger partial charge in [0.15, 0.2) is 0 Å². The molecule has 1 aromatic rings. The zero-order valence-corrected chi connectivity index (χ0v) is 16.6. The van der Waals surface area contributed by atoms with Gasteiger partial charge < -0.3 is 18.9 Å². The largest absolute Gasteiger partial charge is 0.444 e. The molecule has 0 unspecified atom stereocenters. The summed E-state index contributed by atoms with van der Waals surface area (Å²) in [6, 6.07) is 2.63. The highest BCUT2D eigenvalue weighted by Crippen LogP contribution is 2.37. The second-order valence-electron chi connectivity index (χ2n) is 7.57. The summed E-state index contributed by atoms with van der Waals surface area (Å²) in [7, 11) is 0. The van der Waals surface area contributed by atoms with Crippen molar-refractivity contribution in [3.8, 4) is 6.07 Å². The highest BCUT2D eigenvalue weighted by molar-refractivity contribution is 9.10. The maximum Gasteiger partial charge on any atom is 0.410 e. The molecule has 0 atom stereocenters. The van der Waals surface area contributed by atoms with Crippen molar-refractivity contribution in [3.63, 3.8) is 0 Å². The minimum absolute atomic E-state index is 0.288. The van der Waals surface area contributed by atoms with Gasteiger partial charge in [-0.25, -0.2) is 4.79 Å². The van der Waals surface area contributed by atoms with Crippen molar-refractivity contribution in [1.82, 2.24) is 9.47 Å². The molecule has 3 rings (SSSR count). The van der Waals surface area contributed by atoms with E-state index in [-0.39, 0.29) is 12.1 Å². The lowest BCUT2D eigenvalue weighted by atomic mass is 10.1. The zero-order chi connectivity index (χ0) is 18.2. The number of carbonyl (C=O) groups is 1. The van der Waals surface area contributed by atoms with E-state index >= 15 is 0 Å². The molecule has 3 heterocycles. The quantitative estimate of drug-likeness (QED) is 0.707. The average molecular weight is 410 g/mol. The first-order valence-electron chi connectivity index (χ1n) is 8.69. The Kier molecular flexibility index (Phi) is 5.12. The third-order valence-electron chi connectivity index (χ3n) is 4.63. The third-order valence-corrected chi connectivity index (χ3v) is 5.49. The number of carbonyl (C=O) groups excluding carboxylic acids is 1. The van der Waals surface area contributed by atoms with Gasteiger partial charge in [-0.15, -0.1) is 0 Å². The molecule has 136 valence electrons. The van der Waals surface area contributed by atoms with Crippen molar-refractivity contribution < 1.29 is 14.3 Å². The van der Waals surface area contributed by atoms with Gasteiger partial charge in [0.05, 0.1) is 11.0 Å². The van der Waals surface area contributed by atoms with Crippen molar-refractivity contribution in [2.45, 2.75) is 58.2 Å². The normalized spacial score (nSPS) is 18.6. The van der Waals surface area contributed by atoms with Crippen molar-refractivity contribution in [2.75, 3.05) is 19.8 Å². The van der Waals surface area contributed by atoms with E-state index in [1.54, 1.807) is 4.90 Å². The first kappa shape index (κ1) is 18.3. The highest BCUT2D eigenvalue weighted by atomic mass is 79.9. The van der Waals surface area contributed by atoms with Gasteiger partial charge >= 0.3 is 6.09 Å². The maximum atomic E-state index is 12.4. The molecule has 0 N–H and O–H groups in total. The molecule has 1 amide bonds. The molecule has 2 aliphatic rings. The SMILES string of the molecule is CC(C)(C)OC(=O)N1CCc2c(c(Br)c(C#N)n2C2CCOCC2)C1. The summed E-state index contributed by atoms with van der Waals surface area (Å²) < 4.78 is 13.9. The van der Waals surface area contributed by atoms with E-state index in [9.17, 15) is 10.1 Å². The number of aromatic nitrogens is 1. The Morgan fingerprint density at radius 2 is 2.04 bits per heavy atom. The van der Waals surface area contributed by atoms with Crippen LogP contribution in [0.2, 0.25) is 0 Å². The summed E-state index contributed by atoms with van der Waals surface area (Å²) in [4.78, 5) is 14.1. The lowest BCUT2D eigenvalue weighted by molar-refractivity contribution is 0.0220. The number of hydrogen-bond acceptors (Lipinski definition) is 4. The Bertz CT molecular complexity index is 709. The van der Waals surface area contributed by atoms with Crippen molar-refractivity contribution >= 4 is 22.0 Å². The number of hydrogen-bond donors (Lipinski definition) is 0. The first-order valence-corrected chi connectivity index (χ1v) is 9.48. The molecule has 0 aromatic carbocycles. The Balaban J connectivity index is 1.89. The van der Waals surface area contributed by atoms with E-state index in [0.717, 1.165) is 48.2 Å². The monoisotopic (exact) mass is 409 g/mol. The predicted molar refractivity (Wildman–Crippen MR) is 96.3 cm³/mol.